The van der Waals surface area contributed by atoms with Crippen LogP contribution in [-0.4, -0.2) is 46.9 Å². The molecule has 0 radical (unpaired) electrons. The first kappa shape index (κ1) is 60.8. The Labute approximate surface area is 391 Å². The summed E-state index contributed by atoms with van der Waals surface area (Å²) in [6.07, 6.45) is 61.7. The van der Waals surface area contributed by atoms with Crippen molar-refractivity contribution < 1.29 is 24.5 Å². The number of aliphatic hydroxyl groups is 2. The number of carbonyl (C=O) groups excluding carboxylic acids is 2. The zero-order chi connectivity index (χ0) is 45.9. The third-order valence-electron chi connectivity index (χ3n) is 12.4. The lowest BCUT2D eigenvalue weighted by Crippen LogP contribution is -2.46. The molecule has 6 heteroatoms. The molecule has 0 aromatic carbocycles. The number of aliphatic hydroxyl groups excluding tert-OH is 2. The number of hydrogen-bond donors (Lipinski definition) is 3. The number of unbranched alkanes of at least 4 members (excludes halogenated alkanes) is 29. The van der Waals surface area contributed by atoms with E-state index in [4.69, 9.17) is 4.74 Å². The predicted octanol–water partition coefficient (Wildman–Crippen LogP) is 16.6. The summed E-state index contributed by atoms with van der Waals surface area (Å²) in [6.45, 7) is 6.45. The lowest BCUT2D eigenvalue weighted by Gasteiger charge is -2.24. The number of allylic oxidation sites excluding steroid dienone is 8. The van der Waals surface area contributed by atoms with Crippen molar-refractivity contribution in [1.29, 1.82) is 0 Å². The van der Waals surface area contributed by atoms with Gasteiger partial charge in [0.05, 0.1) is 25.2 Å². The largest absolute Gasteiger partial charge is 0.462 e. The molecule has 0 aliphatic heterocycles. The minimum atomic E-state index is -0.795. The van der Waals surface area contributed by atoms with E-state index in [1.165, 1.54) is 141 Å². The maximum Gasteiger partial charge on any atom is 0.306 e. The van der Waals surface area contributed by atoms with Gasteiger partial charge in [-0.05, 0) is 89.9 Å². The fraction of sp³-hybridized carbons (Fsp3) is 0.825. The smallest absolute Gasteiger partial charge is 0.306 e. The molecule has 1 amide bonds. The van der Waals surface area contributed by atoms with Gasteiger partial charge in [-0.3, -0.25) is 9.59 Å². The van der Waals surface area contributed by atoms with Crippen molar-refractivity contribution in [3.8, 4) is 0 Å². The minimum absolute atomic E-state index is 0.0588. The van der Waals surface area contributed by atoms with E-state index in [1.54, 1.807) is 0 Å². The van der Waals surface area contributed by atoms with Gasteiger partial charge in [0.25, 0.3) is 0 Å². The van der Waals surface area contributed by atoms with E-state index in [0.29, 0.717) is 19.3 Å². The first-order valence-electron chi connectivity index (χ1n) is 27.4. The first-order valence-corrected chi connectivity index (χ1v) is 27.4. The van der Waals surface area contributed by atoms with Gasteiger partial charge >= 0.3 is 5.97 Å². The van der Waals surface area contributed by atoms with Gasteiger partial charge in [-0.1, -0.05) is 223 Å². The summed E-state index contributed by atoms with van der Waals surface area (Å²) in [7, 11) is 0. The number of amides is 1. The number of rotatable bonds is 49. The van der Waals surface area contributed by atoms with Crippen LogP contribution in [0.1, 0.15) is 278 Å². The van der Waals surface area contributed by atoms with Crippen molar-refractivity contribution in [2.24, 2.45) is 0 Å². The first-order chi connectivity index (χ1) is 31.0. The highest BCUT2D eigenvalue weighted by atomic mass is 16.5. The molecule has 0 saturated carbocycles. The van der Waals surface area contributed by atoms with E-state index in [2.05, 4.69) is 74.7 Å². The molecular weight excluding hydrogens is 779 g/mol. The number of ether oxygens (including phenoxy) is 1. The van der Waals surface area contributed by atoms with Crippen LogP contribution in [0.4, 0.5) is 0 Å². The molecule has 63 heavy (non-hydrogen) atoms. The van der Waals surface area contributed by atoms with Gasteiger partial charge in [0, 0.05) is 6.42 Å². The van der Waals surface area contributed by atoms with Crippen molar-refractivity contribution >= 4 is 11.9 Å². The van der Waals surface area contributed by atoms with Crippen LogP contribution in [0.25, 0.3) is 0 Å². The average Bonchev–Trinajstić information content (AvgIpc) is 3.28. The van der Waals surface area contributed by atoms with Crippen LogP contribution in [0.5, 0.6) is 0 Å². The van der Waals surface area contributed by atoms with Crippen LogP contribution in [0, 0.1) is 0 Å². The Morgan fingerprint density at radius 2 is 0.810 bits per heavy atom. The van der Waals surface area contributed by atoms with Gasteiger partial charge in [0.15, 0.2) is 0 Å². The lowest BCUT2D eigenvalue weighted by molar-refractivity contribution is -0.151. The molecule has 0 saturated heterocycles. The molecule has 0 rings (SSSR count). The Morgan fingerprint density at radius 3 is 1.29 bits per heavy atom. The standard InChI is InChI=1S/C57H105NO5/c1-4-7-10-13-16-19-22-24-26-28-30-32-35-38-41-44-47-50-57(62)63-53(48-45-42-39-36-34-31-29-27-25-23-20-17-14-11-8-5-2)51-56(61)58-54(52-59)55(60)49-46-43-40-37-33-21-18-15-12-9-6-3/h16,19,24,26,30-32,34,53-55,59-60H,4-15,17-18,20-23,25,27-29,33,35-52H2,1-3H3,(H,58,61)/b19-16-,26-24-,32-30-,34-31+. The highest BCUT2D eigenvalue weighted by Crippen LogP contribution is 2.17. The Morgan fingerprint density at radius 1 is 0.460 bits per heavy atom. The highest BCUT2D eigenvalue weighted by molar-refractivity contribution is 5.77. The van der Waals surface area contributed by atoms with Crippen molar-refractivity contribution in [3.63, 3.8) is 0 Å². The molecule has 0 aliphatic carbocycles. The van der Waals surface area contributed by atoms with Crippen LogP contribution in [0.3, 0.4) is 0 Å². The van der Waals surface area contributed by atoms with Crippen LogP contribution in [0.15, 0.2) is 48.6 Å². The molecule has 368 valence electrons. The van der Waals surface area contributed by atoms with Gasteiger partial charge in [-0.2, -0.15) is 0 Å². The van der Waals surface area contributed by atoms with Gasteiger partial charge in [-0.25, -0.2) is 0 Å². The summed E-state index contributed by atoms with van der Waals surface area (Å²) in [4.78, 5) is 26.2. The summed E-state index contributed by atoms with van der Waals surface area (Å²) >= 11 is 0. The molecule has 6 nitrogen and oxygen atoms in total. The van der Waals surface area contributed by atoms with Gasteiger partial charge in [-0.15, -0.1) is 0 Å². The maximum atomic E-state index is 13.2. The Hall–Kier alpha value is -2.18. The molecule has 0 aromatic heterocycles. The SMILES string of the molecule is CCCCC/C=C\C/C=C\C/C=C\CCCCCCC(=O)OC(CCCCC/C=C/CCCCCCCCCCC)CC(=O)NC(CO)C(O)CCCCCCCCCCCCC. The summed E-state index contributed by atoms with van der Waals surface area (Å²) in [5, 5.41) is 23.8. The van der Waals surface area contributed by atoms with E-state index in [0.717, 1.165) is 89.9 Å². The molecule has 3 N–H and O–H groups in total. The molecule has 0 aliphatic rings. The normalized spacial score (nSPS) is 13.5. The average molecular weight is 884 g/mol. The molecule has 3 atom stereocenters. The minimum Gasteiger partial charge on any atom is -0.462 e. The summed E-state index contributed by atoms with van der Waals surface area (Å²) in [6, 6.07) is -0.710. The van der Waals surface area contributed by atoms with E-state index >= 15 is 0 Å². The third kappa shape index (κ3) is 46.2. The number of hydrogen-bond acceptors (Lipinski definition) is 5. The predicted molar refractivity (Wildman–Crippen MR) is 273 cm³/mol. The van der Waals surface area contributed by atoms with Crippen molar-refractivity contribution in [1.82, 2.24) is 5.32 Å². The monoisotopic (exact) mass is 884 g/mol. The van der Waals surface area contributed by atoms with E-state index in [9.17, 15) is 19.8 Å². The second-order valence-corrected chi connectivity index (χ2v) is 18.6. The van der Waals surface area contributed by atoms with Crippen LogP contribution in [-0.2, 0) is 14.3 Å². The summed E-state index contributed by atoms with van der Waals surface area (Å²) in [5.74, 6) is -0.507. The zero-order valence-electron chi connectivity index (χ0n) is 42.0. The molecule has 0 fully saturated rings. The number of carbonyl (C=O) groups is 2. The third-order valence-corrected chi connectivity index (χ3v) is 12.4. The lowest BCUT2D eigenvalue weighted by atomic mass is 10.0. The fourth-order valence-electron chi connectivity index (χ4n) is 8.20. The Kier molecular flexibility index (Phi) is 49.1. The topological polar surface area (TPSA) is 95.9 Å². The second-order valence-electron chi connectivity index (χ2n) is 18.6. The molecule has 0 spiro atoms. The molecular formula is C57H105NO5. The van der Waals surface area contributed by atoms with Gasteiger partial charge in [0.2, 0.25) is 5.91 Å². The molecule has 3 unspecified atom stereocenters. The van der Waals surface area contributed by atoms with Crippen molar-refractivity contribution in [2.45, 2.75) is 296 Å². The van der Waals surface area contributed by atoms with Gasteiger partial charge in [0.1, 0.15) is 6.10 Å². The Bertz CT molecular complexity index is 1080. The Balaban J connectivity index is 4.63. The van der Waals surface area contributed by atoms with Crippen LogP contribution < -0.4 is 5.32 Å². The fourth-order valence-corrected chi connectivity index (χ4v) is 8.20. The van der Waals surface area contributed by atoms with Crippen LogP contribution >= 0.6 is 0 Å². The van der Waals surface area contributed by atoms with E-state index < -0.39 is 18.2 Å². The van der Waals surface area contributed by atoms with E-state index in [1.807, 2.05) is 0 Å². The molecule has 0 bridgehead atoms. The number of nitrogens with one attached hydrogen (secondary N) is 1. The summed E-state index contributed by atoms with van der Waals surface area (Å²) in [5.41, 5.74) is 0. The summed E-state index contributed by atoms with van der Waals surface area (Å²) < 4.78 is 5.93. The molecule has 0 aromatic rings. The van der Waals surface area contributed by atoms with Crippen LogP contribution in [0.2, 0.25) is 0 Å². The second kappa shape index (κ2) is 50.8. The molecule has 0 heterocycles. The number of esters is 1. The van der Waals surface area contributed by atoms with E-state index in [-0.39, 0.29) is 24.9 Å². The van der Waals surface area contributed by atoms with Gasteiger partial charge < -0.3 is 20.3 Å². The highest BCUT2D eigenvalue weighted by Gasteiger charge is 2.24. The quantitative estimate of drug-likeness (QED) is 0.0321. The van der Waals surface area contributed by atoms with Crippen molar-refractivity contribution in [3.05, 3.63) is 48.6 Å². The zero-order valence-corrected chi connectivity index (χ0v) is 42.0. The van der Waals surface area contributed by atoms with Crippen molar-refractivity contribution in [2.75, 3.05) is 6.61 Å². The maximum absolute atomic E-state index is 13.2.